The summed E-state index contributed by atoms with van der Waals surface area (Å²) < 4.78 is 1.24. The average Bonchev–Trinajstić information content (AvgIpc) is 2.80. The minimum Gasteiger partial charge on any atom is -0.313 e. The second-order valence-electron chi connectivity index (χ2n) is 4.19. The smallest absolute Gasteiger partial charge is 0.0180 e. The molecule has 1 unspecified atom stereocenters. The van der Waals surface area contributed by atoms with Crippen LogP contribution in [0.15, 0.2) is 0 Å². The lowest BCUT2D eigenvalue weighted by Gasteiger charge is -2.19. The molecule has 1 rings (SSSR count). The Labute approximate surface area is 89.8 Å². The highest BCUT2D eigenvalue weighted by Crippen LogP contribution is 2.31. The molecule has 1 aliphatic rings. The molecular formula is C10H20IN. The molecule has 0 aromatic carbocycles. The van der Waals surface area contributed by atoms with Gasteiger partial charge in [-0.15, -0.1) is 0 Å². The topological polar surface area (TPSA) is 12.0 Å². The number of alkyl halides is 1. The Kier molecular flexibility index (Phi) is 4.87. The first-order valence-electron chi connectivity index (χ1n) is 5.03. The Bertz CT molecular complexity index is 121. The molecule has 12 heavy (non-hydrogen) atoms. The first kappa shape index (κ1) is 10.8. The van der Waals surface area contributed by atoms with Crippen LogP contribution < -0.4 is 5.32 Å². The Balaban J connectivity index is 2.01. The third kappa shape index (κ3) is 4.08. The molecule has 0 spiro atoms. The standard InChI is InChI=1S/C10H20IN/c1-8(2)10(7-11)12-6-5-9-3-4-9/h8-10,12H,3-7H2,1-2H3. The zero-order valence-corrected chi connectivity index (χ0v) is 10.3. The van der Waals surface area contributed by atoms with Crippen molar-refractivity contribution in [3.05, 3.63) is 0 Å². The molecule has 0 aromatic rings. The van der Waals surface area contributed by atoms with Crippen LogP contribution in [0.2, 0.25) is 0 Å². The van der Waals surface area contributed by atoms with Crippen molar-refractivity contribution in [3.63, 3.8) is 0 Å². The van der Waals surface area contributed by atoms with Crippen molar-refractivity contribution in [2.45, 2.75) is 39.2 Å². The van der Waals surface area contributed by atoms with Crippen LogP contribution in [-0.2, 0) is 0 Å². The maximum atomic E-state index is 3.63. The van der Waals surface area contributed by atoms with Gasteiger partial charge in [-0.2, -0.15) is 0 Å². The van der Waals surface area contributed by atoms with Crippen LogP contribution in [0.1, 0.15) is 33.1 Å². The predicted molar refractivity (Wildman–Crippen MR) is 62.9 cm³/mol. The van der Waals surface area contributed by atoms with E-state index in [1.807, 2.05) is 0 Å². The summed E-state index contributed by atoms with van der Waals surface area (Å²) >= 11 is 2.47. The summed E-state index contributed by atoms with van der Waals surface area (Å²) in [4.78, 5) is 0. The zero-order valence-electron chi connectivity index (χ0n) is 8.15. The van der Waals surface area contributed by atoms with Crippen LogP contribution >= 0.6 is 22.6 Å². The first-order chi connectivity index (χ1) is 5.74. The van der Waals surface area contributed by atoms with Gasteiger partial charge in [-0.05, 0) is 24.8 Å². The van der Waals surface area contributed by atoms with E-state index >= 15 is 0 Å². The molecule has 0 heterocycles. The van der Waals surface area contributed by atoms with Gasteiger partial charge >= 0.3 is 0 Å². The van der Waals surface area contributed by atoms with E-state index in [0.717, 1.165) is 17.9 Å². The van der Waals surface area contributed by atoms with Crippen molar-refractivity contribution < 1.29 is 0 Å². The highest BCUT2D eigenvalue weighted by molar-refractivity contribution is 14.1. The van der Waals surface area contributed by atoms with Crippen LogP contribution in [0, 0.1) is 11.8 Å². The number of halogens is 1. The molecule has 0 aliphatic heterocycles. The maximum Gasteiger partial charge on any atom is 0.0180 e. The van der Waals surface area contributed by atoms with E-state index in [2.05, 4.69) is 41.8 Å². The van der Waals surface area contributed by atoms with Gasteiger partial charge in [0.2, 0.25) is 0 Å². The third-order valence-corrected chi connectivity index (χ3v) is 3.58. The molecule has 1 fully saturated rings. The normalized spacial score (nSPS) is 20.0. The van der Waals surface area contributed by atoms with E-state index < -0.39 is 0 Å². The van der Waals surface area contributed by atoms with E-state index in [1.165, 1.54) is 30.2 Å². The highest BCUT2D eigenvalue weighted by Gasteiger charge is 2.21. The summed E-state index contributed by atoms with van der Waals surface area (Å²) in [6, 6.07) is 0.726. The van der Waals surface area contributed by atoms with Crippen LogP contribution in [-0.4, -0.2) is 17.0 Å². The summed E-state index contributed by atoms with van der Waals surface area (Å²) in [6.07, 6.45) is 4.37. The molecule has 1 saturated carbocycles. The molecule has 0 saturated heterocycles. The van der Waals surface area contributed by atoms with Crippen molar-refractivity contribution >= 4 is 22.6 Å². The van der Waals surface area contributed by atoms with Crippen LogP contribution in [0.25, 0.3) is 0 Å². The molecule has 0 bridgehead atoms. The third-order valence-electron chi connectivity index (χ3n) is 2.63. The molecule has 1 nitrogen and oxygen atoms in total. The minimum absolute atomic E-state index is 0.726. The van der Waals surface area contributed by atoms with Crippen molar-refractivity contribution in [2.75, 3.05) is 11.0 Å². The fourth-order valence-corrected chi connectivity index (χ4v) is 2.68. The molecule has 1 aliphatic carbocycles. The van der Waals surface area contributed by atoms with E-state index in [4.69, 9.17) is 0 Å². The summed E-state index contributed by atoms with van der Waals surface area (Å²) in [7, 11) is 0. The quantitative estimate of drug-likeness (QED) is 0.583. The van der Waals surface area contributed by atoms with Gasteiger partial charge in [0.25, 0.3) is 0 Å². The van der Waals surface area contributed by atoms with Crippen molar-refractivity contribution in [3.8, 4) is 0 Å². The number of nitrogens with one attached hydrogen (secondary N) is 1. The van der Waals surface area contributed by atoms with Crippen LogP contribution in [0.4, 0.5) is 0 Å². The number of rotatable bonds is 6. The lowest BCUT2D eigenvalue weighted by Crippen LogP contribution is -2.35. The minimum atomic E-state index is 0.726. The van der Waals surface area contributed by atoms with Crippen molar-refractivity contribution in [1.82, 2.24) is 5.32 Å². The van der Waals surface area contributed by atoms with Gasteiger partial charge in [0, 0.05) is 10.5 Å². The summed E-state index contributed by atoms with van der Waals surface area (Å²) in [5.41, 5.74) is 0. The first-order valence-corrected chi connectivity index (χ1v) is 6.56. The van der Waals surface area contributed by atoms with Gasteiger partial charge in [-0.1, -0.05) is 49.3 Å². The fourth-order valence-electron chi connectivity index (χ4n) is 1.35. The monoisotopic (exact) mass is 281 g/mol. The Morgan fingerprint density at radius 3 is 2.50 bits per heavy atom. The largest absolute Gasteiger partial charge is 0.313 e. The molecule has 2 heteroatoms. The molecular weight excluding hydrogens is 261 g/mol. The van der Waals surface area contributed by atoms with Gasteiger partial charge < -0.3 is 5.32 Å². The molecule has 72 valence electrons. The van der Waals surface area contributed by atoms with Gasteiger partial charge in [0.1, 0.15) is 0 Å². The lowest BCUT2D eigenvalue weighted by atomic mass is 10.1. The highest BCUT2D eigenvalue weighted by atomic mass is 127. The fraction of sp³-hybridized carbons (Fsp3) is 1.00. The zero-order chi connectivity index (χ0) is 8.97. The van der Waals surface area contributed by atoms with E-state index in [0.29, 0.717) is 0 Å². The average molecular weight is 281 g/mol. The SMILES string of the molecule is CC(C)C(CI)NCCC1CC1. The van der Waals surface area contributed by atoms with Gasteiger partial charge in [-0.25, -0.2) is 0 Å². The molecule has 0 radical (unpaired) electrons. The summed E-state index contributed by atoms with van der Waals surface area (Å²) in [5, 5.41) is 3.63. The molecule has 1 N–H and O–H groups in total. The van der Waals surface area contributed by atoms with Crippen molar-refractivity contribution in [2.24, 2.45) is 11.8 Å². The predicted octanol–water partition coefficient (Wildman–Crippen LogP) is 2.84. The maximum absolute atomic E-state index is 3.63. The van der Waals surface area contributed by atoms with Gasteiger partial charge in [0.15, 0.2) is 0 Å². The van der Waals surface area contributed by atoms with Crippen LogP contribution in [0.5, 0.6) is 0 Å². The van der Waals surface area contributed by atoms with Crippen LogP contribution in [0.3, 0.4) is 0 Å². The molecule has 0 amide bonds. The summed E-state index contributed by atoms with van der Waals surface area (Å²) in [5.74, 6) is 1.85. The van der Waals surface area contributed by atoms with Crippen molar-refractivity contribution in [1.29, 1.82) is 0 Å². The Morgan fingerprint density at radius 1 is 1.42 bits per heavy atom. The molecule has 0 aromatic heterocycles. The Hall–Kier alpha value is 0.690. The second kappa shape index (κ2) is 5.43. The number of hydrogen-bond donors (Lipinski definition) is 1. The molecule has 1 atom stereocenters. The van der Waals surface area contributed by atoms with Gasteiger partial charge in [0.05, 0.1) is 0 Å². The second-order valence-corrected chi connectivity index (χ2v) is 5.07. The van der Waals surface area contributed by atoms with E-state index in [9.17, 15) is 0 Å². The lowest BCUT2D eigenvalue weighted by molar-refractivity contribution is 0.429. The van der Waals surface area contributed by atoms with Gasteiger partial charge in [-0.3, -0.25) is 0 Å². The number of hydrogen-bond acceptors (Lipinski definition) is 1. The van der Waals surface area contributed by atoms with E-state index in [-0.39, 0.29) is 0 Å². The summed E-state index contributed by atoms with van der Waals surface area (Å²) in [6.45, 7) is 5.83. The van der Waals surface area contributed by atoms with E-state index in [1.54, 1.807) is 0 Å². The Morgan fingerprint density at radius 2 is 2.08 bits per heavy atom.